The zero-order valence-corrected chi connectivity index (χ0v) is 11.5. The number of hydrogen-bond donors (Lipinski definition) is 2. The van der Waals surface area contributed by atoms with Crippen LogP contribution >= 0.6 is 0 Å². The normalized spacial score (nSPS) is 13.9. The molecular formula is C10H21F3N2O2S. The molecule has 18 heavy (non-hydrogen) atoms. The average Bonchev–Trinajstić information content (AvgIpc) is 2.24. The molecule has 0 aliphatic carbocycles. The van der Waals surface area contributed by atoms with Gasteiger partial charge in [0.1, 0.15) is 0 Å². The standard InChI is InChI=1S/C10H21F3N2O2S/c1-3-9(14,4-2)8-15-18(16,17)7-5-6-10(11,12)13/h15H,3-8,14H2,1-2H3. The number of nitrogens with one attached hydrogen (secondary N) is 1. The first kappa shape index (κ1) is 17.7. The second-order valence-corrected chi connectivity index (χ2v) is 6.35. The van der Waals surface area contributed by atoms with Gasteiger partial charge in [-0.05, 0) is 19.3 Å². The zero-order chi connectivity index (χ0) is 14.4. The molecule has 110 valence electrons. The lowest BCUT2D eigenvalue weighted by molar-refractivity contribution is -0.134. The second kappa shape index (κ2) is 6.72. The third kappa shape index (κ3) is 7.88. The van der Waals surface area contributed by atoms with Crippen LogP contribution in [0.2, 0.25) is 0 Å². The quantitative estimate of drug-likeness (QED) is 0.715. The van der Waals surface area contributed by atoms with Gasteiger partial charge in [-0.2, -0.15) is 13.2 Å². The smallest absolute Gasteiger partial charge is 0.324 e. The van der Waals surface area contributed by atoms with E-state index in [4.69, 9.17) is 5.73 Å². The van der Waals surface area contributed by atoms with Gasteiger partial charge < -0.3 is 5.73 Å². The molecule has 0 radical (unpaired) electrons. The third-order valence-electron chi connectivity index (χ3n) is 2.93. The fourth-order valence-corrected chi connectivity index (χ4v) is 2.46. The second-order valence-electron chi connectivity index (χ2n) is 4.43. The van der Waals surface area contributed by atoms with Gasteiger partial charge in [0.2, 0.25) is 10.0 Å². The van der Waals surface area contributed by atoms with Crippen molar-refractivity contribution in [3.63, 3.8) is 0 Å². The van der Waals surface area contributed by atoms with Crippen LogP contribution in [0.5, 0.6) is 0 Å². The van der Waals surface area contributed by atoms with Crippen molar-refractivity contribution < 1.29 is 21.6 Å². The molecule has 0 fully saturated rings. The van der Waals surface area contributed by atoms with E-state index in [0.29, 0.717) is 12.8 Å². The van der Waals surface area contributed by atoms with Crippen LogP contribution in [-0.4, -0.2) is 32.4 Å². The Morgan fingerprint density at radius 2 is 1.67 bits per heavy atom. The van der Waals surface area contributed by atoms with Gasteiger partial charge in [0.25, 0.3) is 0 Å². The molecule has 0 atom stereocenters. The predicted octanol–water partition coefficient (Wildman–Crippen LogP) is 1.77. The molecule has 0 heterocycles. The molecule has 0 amide bonds. The Bertz CT molecular complexity index is 338. The highest BCUT2D eigenvalue weighted by atomic mass is 32.2. The van der Waals surface area contributed by atoms with Crippen molar-refractivity contribution >= 4 is 10.0 Å². The first-order valence-electron chi connectivity index (χ1n) is 5.86. The molecule has 0 aliphatic rings. The molecule has 3 N–H and O–H groups in total. The van der Waals surface area contributed by atoms with Gasteiger partial charge in [0.05, 0.1) is 5.75 Å². The Morgan fingerprint density at radius 3 is 2.06 bits per heavy atom. The highest BCUT2D eigenvalue weighted by Gasteiger charge is 2.28. The van der Waals surface area contributed by atoms with Gasteiger partial charge in [-0.25, -0.2) is 13.1 Å². The maximum Gasteiger partial charge on any atom is 0.389 e. The Hall–Kier alpha value is -0.340. The molecular weight excluding hydrogens is 269 g/mol. The van der Waals surface area contributed by atoms with E-state index in [1.807, 2.05) is 13.8 Å². The summed E-state index contributed by atoms with van der Waals surface area (Å²) in [6.45, 7) is 3.72. The summed E-state index contributed by atoms with van der Waals surface area (Å²) < 4.78 is 60.8. The first-order valence-corrected chi connectivity index (χ1v) is 7.52. The molecule has 0 aromatic rings. The Labute approximate surface area is 106 Å². The highest BCUT2D eigenvalue weighted by molar-refractivity contribution is 7.89. The summed E-state index contributed by atoms with van der Waals surface area (Å²) >= 11 is 0. The fourth-order valence-electron chi connectivity index (χ4n) is 1.29. The van der Waals surface area contributed by atoms with E-state index >= 15 is 0 Å². The van der Waals surface area contributed by atoms with E-state index in [1.54, 1.807) is 0 Å². The molecule has 0 rings (SSSR count). The van der Waals surface area contributed by atoms with Gasteiger partial charge in [0.15, 0.2) is 0 Å². The number of rotatable bonds is 8. The SMILES string of the molecule is CCC(N)(CC)CNS(=O)(=O)CCCC(F)(F)F. The third-order valence-corrected chi connectivity index (χ3v) is 4.34. The van der Waals surface area contributed by atoms with Crippen molar-refractivity contribution in [1.82, 2.24) is 4.72 Å². The van der Waals surface area contributed by atoms with Crippen LogP contribution in [0, 0.1) is 0 Å². The lowest BCUT2D eigenvalue weighted by Crippen LogP contribution is -2.49. The summed E-state index contributed by atoms with van der Waals surface area (Å²) in [5, 5.41) is 0. The van der Waals surface area contributed by atoms with Crippen LogP contribution in [0.25, 0.3) is 0 Å². The summed E-state index contributed by atoms with van der Waals surface area (Å²) in [6.07, 6.45) is -4.67. The summed E-state index contributed by atoms with van der Waals surface area (Å²) in [7, 11) is -3.69. The highest BCUT2D eigenvalue weighted by Crippen LogP contribution is 2.21. The van der Waals surface area contributed by atoms with Gasteiger partial charge in [-0.3, -0.25) is 0 Å². The van der Waals surface area contributed by atoms with Gasteiger partial charge in [-0.1, -0.05) is 13.8 Å². The molecule has 0 aromatic heterocycles. The molecule has 0 bridgehead atoms. The Balaban J connectivity index is 4.17. The summed E-state index contributed by atoms with van der Waals surface area (Å²) in [5.41, 5.74) is 5.25. The van der Waals surface area contributed by atoms with E-state index in [-0.39, 0.29) is 6.54 Å². The minimum atomic E-state index is -4.32. The van der Waals surface area contributed by atoms with Crippen LogP contribution in [0.1, 0.15) is 39.5 Å². The van der Waals surface area contributed by atoms with E-state index in [2.05, 4.69) is 4.72 Å². The fraction of sp³-hybridized carbons (Fsp3) is 1.00. The predicted molar refractivity (Wildman–Crippen MR) is 64.6 cm³/mol. The maximum atomic E-state index is 11.9. The summed E-state index contributed by atoms with van der Waals surface area (Å²) in [6, 6.07) is 0. The van der Waals surface area contributed by atoms with Crippen LogP contribution < -0.4 is 10.5 Å². The number of nitrogens with two attached hydrogens (primary N) is 1. The molecule has 8 heteroatoms. The molecule has 0 unspecified atom stereocenters. The zero-order valence-electron chi connectivity index (χ0n) is 10.7. The number of halogens is 3. The monoisotopic (exact) mass is 290 g/mol. The van der Waals surface area contributed by atoms with Crippen LogP contribution in [0.15, 0.2) is 0 Å². The minimum absolute atomic E-state index is 0.0500. The molecule has 4 nitrogen and oxygen atoms in total. The molecule has 0 aliphatic heterocycles. The van der Waals surface area contributed by atoms with Crippen LogP contribution in [-0.2, 0) is 10.0 Å². The molecule has 0 spiro atoms. The van der Waals surface area contributed by atoms with Crippen LogP contribution in [0.3, 0.4) is 0 Å². The average molecular weight is 290 g/mol. The largest absolute Gasteiger partial charge is 0.389 e. The molecule has 0 saturated carbocycles. The van der Waals surface area contributed by atoms with Gasteiger partial charge in [0, 0.05) is 18.5 Å². The molecule has 0 aromatic carbocycles. The van der Waals surface area contributed by atoms with Gasteiger partial charge >= 0.3 is 6.18 Å². The molecule has 0 saturated heterocycles. The lowest BCUT2D eigenvalue weighted by Gasteiger charge is -2.26. The van der Waals surface area contributed by atoms with E-state index in [1.165, 1.54) is 0 Å². The first-order chi connectivity index (χ1) is 8.04. The van der Waals surface area contributed by atoms with E-state index in [0.717, 1.165) is 0 Å². The van der Waals surface area contributed by atoms with Crippen molar-refractivity contribution in [2.75, 3.05) is 12.3 Å². The Morgan fingerprint density at radius 1 is 1.17 bits per heavy atom. The van der Waals surface area contributed by atoms with E-state index < -0.39 is 40.3 Å². The van der Waals surface area contributed by atoms with Gasteiger partial charge in [-0.15, -0.1) is 0 Å². The van der Waals surface area contributed by atoms with Crippen molar-refractivity contribution in [2.45, 2.75) is 51.2 Å². The number of sulfonamides is 1. The van der Waals surface area contributed by atoms with Crippen LogP contribution in [0.4, 0.5) is 13.2 Å². The van der Waals surface area contributed by atoms with E-state index in [9.17, 15) is 21.6 Å². The van der Waals surface area contributed by atoms with Crippen molar-refractivity contribution in [1.29, 1.82) is 0 Å². The Kier molecular flexibility index (Phi) is 6.59. The topological polar surface area (TPSA) is 72.2 Å². The summed E-state index contributed by atoms with van der Waals surface area (Å²) in [5.74, 6) is -0.532. The van der Waals surface area contributed by atoms with Crippen molar-refractivity contribution in [3.05, 3.63) is 0 Å². The lowest BCUT2D eigenvalue weighted by atomic mass is 9.95. The maximum absolute atomic E-state index is 11.9. The van der Waals surface area contributed by atoms with Crippen molar-refractivity contribution in [3.8, 4) is 0 Å². The minimum Gasteiger partial charge on any atom is -0.324 e. The number of hydrogen-bond acceptors (Lipinski definition) is 3. The number of alkyl halides is 3. The summed E-state index contributed by atoms with van der Waals surface area (Å²) in [4.78, 5) is 0. The van der Waals surface area contributed by atoms with Crippen molar-refractivity contribution in [2.24, 2.45) is 5.73 Å².